The Hall–Kier alpha value is -1.25. The fourth-order valence-corrected chi connectivity index (χ4v) is 2.69. The first-order valence-electron chi connectivity index (χ1n) is 7.73. The Morgan fingerprint density at radius 1 is 1.37 bits per heavy atom. The molecule has 19 heavy (non-hydrogen) atoms. The zero-order chi connectivity index (χ0) is 13.7. The predicted molar refractivity (Wildman–Crippen MR) is 83.0 cm³/mol. The maximum Gasteiger partial charge on any atom is 0.131 e. The molecule has 2 rings (SSSR count). The second-order valence-corrected chi connectivity index (χ2v) is 5.62. The van der Waals surface area contributed by atoms with Crippen LogP contribution in [-0.4, -0.2) is 24.6 Å². The molecule has 1 aromatic rings. The Bertz CT molecular complexity index is 403. The molecule has 0 saturated carbocycles. The minimum atomic E-state index is 0.812. The van der Waals surface area contributed by atoms with Crippen molar-refractivity contribution in [2.45, 2.75) is 46.5 Å². The minimum Gasteiger partial charge on any atom is -0.371 e. The van der Waals surface area contributed by atoms with Gasteiger partial charge in [0.15, 0.2) is 0 Å². The first-order valence-corrected chi connectivity index (χ1v) is 7.73. The molecule has 3 heteroatoms. The van der Waals surface area contributed by atoms with Crippen molar-refractivity contribution in [3.05, 3.63) is 17.8 Å². The highest BCUT2D eigenvalue weighted by Crippen LogP contribution is 2.30. The van der Waals surface area contributed by atoms with Crippen LogP contribution in [-0.2, 0) is 6.42 Å². The highest BCUT2D eigenvalue weighted by Gasteiger charge is 2.19. The van der Waals surface area contributed by atoms with E-state index in [-0.39, 0.29) is 0 Å². The maximum absolute atomic E-state index is 4.44. The second kappa shape index (κ2) is 6.78. The van der Waals surface area contributed by atoms with Gasteiger partial charge < -0.3 is 10.2 Å². The van der Waals surface area contributed by atoms with Crippen LogP contribution in [0.1, 0.15) is 45.6 Å². The predicted octanol–water partition coefficient (Wildman–Crippen LogP) is 3.70. The van der Waals surface area contributed by atoms with E-state index in [0.29, 0.717) is 0 Å². The summed E-state index contributed by atoms with van der Waals surface area (Å²) in [6.07, 6.45) is 6.81. The Labute approximate surface area is 117 Å². The van der Waals surface area contributed by atoms with Crippen molar-refractivity contribution in [1.29, 1.82) is 0 Å². The van der Waals surface area contributed by atoms with E-state index in [1.54, 1.807) is 0 Å². The third kappa shape index (κ3) is 3.40. The molecular weight excluding hydrogens is 234 g/mol. The van der Waals surface area contributed by atoms with Gasteiger partial charge in [0.05, 0.1) is 0 Å². The van der Waals surface area contributed by atoms with Crippen LogP contribution in [0.25, 0.3) is 0 Å². The lowest BCUT2D eigenvalue weighted by atomic mass is 10.0. The van der Waals surface area contributed by atoms with E-state index in [9.17, 15) is 0 Å². The van der Waals surface area contributed by atoms with Gasteiger partial charge in [0.2, 0.25) is 0 Å². The fraction of sp³-hybridized carbons (Fsp3) is 0.688. The Kier molecular flexibility index (Phi) is 5.06. The third-order valence-corrected chi connectivity index (χ3v) is 4.12. The Morgan fingerprint density at radius 2 is 2.21 bits per heavy atom. The van der Waals surface area contributed by atoms with Gasteiger partial charge in [-0.3, -0.25) is 0 Å². The second-order valence-electron chi connectivity index (χ2n) is 5.62. The quantitative estimate of drug-likeness (QED) is 0.811. The molecule has 2 heterocycles. The van der Waals surface area contributed by atoms with Gasteiger partial charge in [0.1, 0.15) is 5.82 Å². The first-order chi connectivity index (χ1) is 9.26. The largest absolute Gasteiger partial charge is 0.371 e. The van der Waals surface area contributed by atoms with Crippen LogP contribution in [0.5, 0.6) is 0 Å². The maximum atomic E-state index is 4.44. The van der Waals surface area contributed by atoms with Crippen LogP contribution in [0.2, 0.25) is 0 Å². The number of pyridine rings is 1. The smallest absolute Gasteiger partial charge is 0.131 e. The minimum absolute atomic E-state index is 0.812. The van der Waals surface area contributed by atoms with E-state index in [1.165, 1.54) is 37.1 Å². The molecule has 0 amide bonds. The summed E-state index contributed by atoms with van der Waals surface area (Å²) >= 11 is 0. The summed E-state index contributed by atoms with van der Waals surface area (Å²) in [6.45, 7) is 10.2. The summed E-state index contributed by atoms with van der Waals surface area (Å²) in [4.78, 5) is 6.99. The highest BCUT2D eigenvalue weighted by molar-refractivity contribution is 5.65. The van der Waals surface area contributed by atoms with E-state index in [2.05, 4.69) is 42.0 Å². The standard InChI is InChI=1S/C16H27N3/c1-4-11-19(12-8-13(3)5-2)15-7-10-18-16-14(15)6-9-17-16/h7,10,13H,4-6,8-9,11-12H2,1-3H3,(H,17,18). The number of fused-ring (bicyclic) bond motifs is 1. The molecule has 1 aliphatic rings. The monoisotopic (exact) mass is 261 g/mol. The summed E-state index contributed by atoms with van der Waals surface area (Å²) < 4.78 is 0. The molecule has 0 radical (unpaired) electrons. The summed E-state index contributed by atoms with van der Waals surface area (Å²) in [5, 5.41) is 3.38. The molecule has 106 valence electrons. The van der Waals surface area contributed by atoms with Crippen LogP contribution >= 0.6 is 0 Å². The van der Waals surface area contributed by atoms with Gasteiger partial charge in [-0.2, -0.15) is 0 Å². The van der Waals surface area contributed by atoms with Crippen molar-refractivity contribution >= 4 is 11.5 Å². The van der Waals surface area contributed by atoms with Crippen LogP contribution in [0, 0.1) is 5.92 Å². The van der Waals surface area contributed by atoms with E-state index in [0.717, 1.165) is 31.2 Å². The van der Waals surface area contributed by atoms with Crippen LogP contribution in [0.3, 0.4) is 0 Å². The lowest BCUT2D eigenvalue weighted by molar-refractivity contribution is 0.509. The normalized spacial score (nSPS) is 14.9. The van der Waals surface area contributed by atoms with Crippen molar-refractivity contribution in [2.75, 3.05) is 29.9 Å². The molecule has 0 saturated heterocycles. The zero-order valence-corrected chi connectivity index (χ0v) is 12.6. The van der Waals surface area contributed by atoms with Gasteiger partial charge in [-0.25, -0.2) is 4.98 Å². The van der Waals surface area contributed by atoms with Crippen LogP contribution in [0.15, 0.2) is 12.3 Å². The number of hydrogen-bond donors (Lipinski definition) is 1. The van der Waals surface area contributed by atoms with Crippen LogP contribution < -0.4 is 10.2 Å². The highest BCUT2D eigenvalue weighted by atomic mass is 15.1. The molecule has 0 spiro atoms. The topological polar surface area (TPSA) is 28.2 Å². The number of hydrogen-bond acceptors (Lipinski definition) is 3. The van der Waals surface area contributed by atoms with Gasteiger partial charge in [0.25, 0.3) is 0 Å². The summed E-state index contributed by atoms with van der Waals surface area (Å²) in [5.74, 6) is 1.91. The number of nitrogens with zero attached hydrogens (tertiary/aromatic N) is 2. The molecule has 3 nitrogen and oxygen atoms in total. The molecule has 0 bridgehead atoms. The lowest BCUT2D eigenvalue weighted by Gasteiger charge is -2.27. The molecule has 0 fully saturated rings. The molecule has 1 unspecified atom stereocenters. The fourth-order valence-electron chi connectivity index (χ4n) is 2.69. The van der Waals surface area contributed by atoms with E-state index in [4.69, 9.17) is 0 Å². The average Bonchev–Trinajstić information content (AvgIpc) is 2.91. The van der Waals surface area contributed by atoms with Crippen molar-refractivity contribution in [2.24, 2.45) is 5.92 Å². The number of aromatic nitrogens is 1. The molecule has 1 atom stereocenters. The van der Waals surface area contributed by atoms with E-state index < -0.39 is 0 Å². The SMILES string of the molecule is CCCN(CCC(C)CC)c1ccnc2c1CCN2. The summed E-state index contributed by atoms with van der Waals surface area (Å²) in [7, 11) is 0. The van der Waals surface area contributed by atoms with Gasteiger partial charge >= 0.3 is 0 Å². The first kappa shape index (κ1) is 14.2. The molecule has 0 aliphatic carbocycles. The van der Waals surface area contributed by atoms with Crippen molar-refractivity contribution in [3.8, 4) is 0 Å². The Balaban J connectivity index is 2.12. The van der Waals surface area contributed by atoms with E-state index >= 15 is 0 Å². The lowest BCUT2D eigenvalue weighted by Crippen LogP contribution is -2.27. The van der Waals surface area contributed by atoms with Gasteiger partial charge in [-0.15, -0.1) is 0 Å². The molecule has 1 aliphatic heterocycles. The molecular formula is C16H27N3. The van der Waals surface area contributed by atoms with Crippen molar-refractivity contribution in [3.63, 3.8) is 0 Å². The number of rotatable bonds is 7. The average molecular weight is 261 g/mol. The van der Waals surface area contributed by atoms with Gasteiger partial charge in [0, 0.05) is 37.1 Å². The summed E-state index contributed by atoms with van der Waals surface area (Å²) in [5.41, 5.74) is 2.82. The van der Waals surface area contributed by atoms with Gasteiger partial charge in [-0.1, -0.05) is 27.2 Å². The van der Waals surface area contributed by atoms with E-state index in [1.807, 2.05) is 6.20 Å². The molecule has 0 aromatic carbocycles. The Morgan fingerprint density at radius 3 is 2.95 bits per heavy atom. The van der Waals surface area contributed by atoms with Gasteiger partial charge in [-0.05, 0) is 31.2 Å². The molecule has 1 N–H and O–H groups in total. The molecule has 1 aromatic heterocycles. The number of nitrogens with one attached hydrogen (secondary N) is 1. The zero-order valence-electron chi connectivity index (χ0n) is 12.6. The number of anilines is 2. The van der Waals surface area contributed by atoms with Crippen molar-refractivity contribution < 1.29 is 0 Å². The summed E-state index contributed by atoms with van der Waals surface area (Å²) in [6, 6.07) is 2.19. The van der Waals surface area contributed by atoms with Crippen molar-refractivity contribution in [1.82, 2.24) is 4.98 Å². The van der Waals surface area contributed by atoms with Crippen LogP contribution in [0.4, 0.5) is 11.5 Å². The third-order valence-electron chi connectivity index (χ3n) is 4.12.